The lowest BCUT2D eigenvalue weighted by molar-refractivity contribution is -0.151. The van der Waals surface area contributed by atoms with Crippen LogP contribution in [0.1, 0.15) is 84.0 Å². The van der Waals surface area contributed by atoms with Crippen LogP contribution >= 0.6 is 0 Å². The summed E-state index contributed by atoms with van der Waals surface area (Å²) in [5, 5.41) is 9.49. The number of aliphatic hydroxyl groups is 1. The maximum Gasteiger partial charge on any atom is 0.343 e. The first-order valence-electron chi connectivity index (χ1n) is 8.53. The highest BCUT2D eigenvalue weighted by Crippen LogP contribution is 2.14. The fourth-order valence-electron chi connectivity index (χ4n) is 2.43. The Morgan fingerprint density at radius 3 is 1.81 bits per heavy atom. The first-order chi connectivity index (χ1) is 10.1. The Bertz CT molecular complexity index is 246. The number of carbonyl (C=O) groups is 1. The lowest BCUT2D eigenvalue weighted by Crippen LogP contribution is -2.30. The van der Waals surface area contributed by atoms with Gasteiger partial charge in [0.2, 0.25) is 6.17 Å². The summed E-state index contributed by atoms with van der Waals surface area (Å²) >= 11 is 0. The molecule has 0 radical (unpaired) electrons. The first kappa shape index (κ1) is 20.4. The van der Waals surface area contributed by atoms with Crippen molar-refractivity contribution in [1.29, 1.82) is 0 Å². The van der Waals surface area contributed by atoms with Gasteiger partial charge in [0.05, 0.1) is 13.2 Å². The van der Waals surface area contributed by atoms with Crippen molar-refractivity contribution in [2.75, 3.05) is 7.11 Å². The number of methoxy groups -OCH3 is 1. The molecule has 0 rings (SSSR count). The Labute approximate surface area is 129 Å². The van der Waals surface area contributed by atoms with Gasteiger partial charge in [-0.2, -0.15) is 0 Å². The second kappa shape index (κ2) is 14.3. The summed E-state index contributed by atoms with van der Waals surface area (Å²) in [6, 6.07) is 0. The highest BCUT2D eigenvalue weighted by Gasteiger charge is 2.26. The predicted molar refractivity (Wildman–Crippen MR) is 84.0 cm³/mol. The van der Waals surface area contributed by atoms with Gasteiger partial charge in [-0.05, 0) is 6.42 Å². The summed E-state index contributed by atoms with van der Waals surface area (Å²) in [5.74, 6) is -0.981. The van der Waals surface area contributed by atoms with Crippen molar-refractivity contribution in [2.45, 2.75) is 96.2 Å². The highest BCUT2D eigenvalue weighted by molar-refractivity contribution is 5.75. The minimum absolute atomic E-state index is 0.327. The van der Waals surface area contributed by atoms with Crippen LogP contribution in [0, 0.1) is 0 Å². The standard InChI is InChI=1S/C17H33FO3/c1-3-4-5-6-7-8-9-10-11-12-13-14-15(19)16(18)17(20)21-2/h15-16,19H,3-14H2,1-2H3/t15-,16-/m0/s1. The van der Waals surface area contributed by atoms with Gasteiger partial charge >= 0.3 is 5.97 Å². The SMILES string of the molecule is CCCCCCCCCCCCC[C@H](O)[C@H](F)C(=O)OC. The zero-order valence-corrected chi connectivity index (χ0v) is 13.8. The molecule has 0 aliphatic carbocycles. The van der Waals surface area contributed by atoms with Gasteiger partial charge in [-0.1, -0.05) is 77.6 Å². The van der Waals surface area contributed by atoms with Crippen LogP contribution in [-0.2, 0) is 9.53 Å². The van der Waals surface area contributed by atoms with Gasteiger partial charge in [-0.3, -0.25) is 0 Å². The van der Waals surface area contributed by atoms with Crippen molar-refractivity contribution < 1.29 is 19.0 Å². The number of hydrogen-bond acceptors (Lipinski definition) is 3. The van der Waals surface area contributed by atoms with Crippen LogP contribution in [0.4, 0.5) is 4.39 Å². The second-order valence-corrected chi connectivity index (χ2v) is 5.82. The molecule has 0 aromatic rings. The van der Waals surface area contributed by atoms with Crippen LogP contribution in [0.15, 0.2) is 0 Å². The number of ether oxygens (including phenoxy) is 1. The summed E-state index contributed by atoms with van der Waals surface area (Å²) in [5.41, 5.74) is 0. The lowest BCUT2D eigenvalue weighted by Gasteiger charge is -2.13. The summed E-state index contributed by atoms with van der Waals surface area (Å²) in [6.07, 6.45) is 10.5. The lowest BCUT2D eigenvalue weighted by atomic mass is 10.0. The molecule has 0 saturated heterocycles. The molecular formula is C17H33FO3. The zero-order valence-electron chi connectivity index (χ0n) is 13.8. The monoisotopic (exact) mass is 304 g/mol. The average Bonchev–Trinajstić information content (AvgIpc) is 2.50. The highest BCUT2D eigenvalue weighted by atomic mass is 19.1. The number of unbranched alkanes of at least 4 members (excludes halogenated alkanes) is 10. The Kier molecular flexibility index (Phi) is 13.9. The second-order valence-electron chi connectivity index (χ2n) is 5.82. The maximum atomic E-state index is 13.3. The predicted octanol–water partition coefficient (Wildman–Crippen LogP) is 4.56. The van der Waals surface area contributed by atoms with Gasteiger partial charge in [0.1, 0.15) is 0 Å². The van der Waals surface area contributed by atoms with Crippen LogP contribution in [-0.4, -0.2) is 30.5 Å². The summed E-state index contributed by atoms with van der Waals surface area (Å²) < 4.78 is 17.5. The van der Waals surface area contributed by atoms with Gasteiger partial charge in [-0.25, -0.2) is 9.18 Å². The molecule has 0 bridgehead atoms. The molecule has 0 fully saturated rings. The topological polar surface area (TPSA) is 46.5 Å². The van der Waals surface area contributed by atoms with Crippen molar-refractivity contribution in [1.82, 2.24) is 0 Å². The van der Waals surface area contributed by atoms with E-state index in [1.54, 1.807) is 0 Å². The molecule has 126 valence electrons. The molecule has 0 aliphatic heterocycles. The van der Waals surface area contributed by atoms with Crippen molar-refractivity contribution in [3.05, 3.63) is 0 Å². The number of hydrogen-bond donors (Lipinski definition) is 1. The van der Waals surface area contributed by atoms with Gasteiger partial charge in [-0.15, -0.1) is 0 Å². The summed E-state index contributed by atoms with van der Waals surface area (Å²) in [7, 11) is 1.13. The third kappa shape index (κ3) is 11.7. The van der Waals surface area contributed by atoms with E-state index < -0.39 is 18.2 Å². The van der Waals surface area contributed by atoms with Gasteiger partial charge in [0.15, 0.2) is 0 Å². The third-order valence-corrected chi connectivity index (χ3v) is 3.87. The van der Waals surface area contributed by atoms with E-state index in [-0.39, 0.29) is 0 Å². The van der Waals surface area contributed by atoms with Crippen LogP contribution < -0.4 is 0 Å². The molecule has 0 aliphatic rings. The van der Waals surface area contributed by atoms with Crippen LogP contribution in [0.25, 0.3) is 0 Å². The first-order valence-corrected chi connectivity index (χ1v) is 8.53. The molecule has 0 aromatic carbocycles. The fourth-order valence-corrected chi connectivity index (χ4v) is 2.43. The Balaban J connectivity index is 3.30. The molecule has 3 nitrogen and oxygen atoms in total. The van der Waals surface area contributed by atoms with Crippen LogP contribution in [0.5, 0.6) is 0 Å². The molecule has 0 unspecified atom stereocenters. The van der Waals surface area contributed by atoms with E-state index in [0.29, 0.717) is 6.42 Å². The summed E-state index contributed by atoms with van der Waals surface area (Å²) in [6.45, 7) is 2.23. The van der Waals surface area contributed by atoms with Gasteiger partial charge < -0.3 is 9.84 Å². The molecule has 21 heavy (non-hydrogen) atoms. The number of esters is 1. The van der Waals surface area contributed by atoms with E-state index in [9.17, 15) is 14.3 Å². The maximum absolute atomic E-state index is 13.3. The molecule has 1 N–H and O–H groups in total. The van der Waals surface area contributed by atoms with E-state index in [1.165, 1.54) is 51.4 Å². The molecule has 0 amide bonds. The number of halogens is 1. The van der Waals surface area contributed by atoms with Gasteiger partial charge in [0.25, 0.3) is 0 Å². The fraction of sp³-hybridized carbons (Fsp3) is 0.941. The number of rotatable bonds is 14. The number of aliphatic hydroxyl groups excluding tert-OH is 1. The van der Waals surface area contributed by atoms with E-state index >= 15 is 0 Å². The molecular weight excluding hydrogens is 271 g/mol. The Morgan fingerprint density at radius 1 is 0.952 bits per heavy atom. The van der Waals surface area contributed by atoms with E-state index in [0.717, 1.165) is 26.4 Å². The quantitative estimate of drug-likeness (QED) is 0.378. The average molecular weight is 304 g/mol. The van der Waals surface area contributed by atoms with E-state index in [2.05, 4.69) is 11.7 Å². The van der Waals surface area contributed by atoms with Gasteiger partial charge in [0, 0.05) is 0 Å². The normalized spacial score (nSPS) is 13.9. The molecule has 0 saturated carbocycles. The molecule has 0 aromatic heterocycles. The molecule has 0 spiro atoms. The summed E-state index contributed by atoms with van der Waals surface area (Å²) in [4.78, 5) is 10.9. The minimum atomic E-state index is -1.90. The van der Waals surface area contributed by atoms with Crippen LogP contribution in [0.3, 0.4) is 0 Å². The Hall–Kier alpha value is -0.640. The number of alkyl halides is 1. The van der Waals surface area contributed by atoms with Crippen molar-refractivity contribution in [3.63, 3.8) is 0 Å². The molecule has 4 heteroatoms. The zero-order chi connectivity index (χ0) is 15.9. The van der Waals surface area contributed by atoms with Crippen molar-refractivity contribution in [3.8, 4) is 0 Å². The Morgan fingerprint density at radius 2 is 1.38 bits per heavy atom. The third-order valence-electron chi connectivity index (χ3n) is 3.87. The van der Waals surface area contributed by atoms with Crippen molar-refractivity contribution >= 4 is 5.97 Å². The smallest absolute Gasteiger partial charge is 0.343 e. The van der Waals surface area contributed by atoms with Crippen LogP contribution in [0.2, 0.25) is 0 Å². The molecule has 2 atom stereocenters. The van der Waals surface area contributed by atoms with E-state index in [4.69, 9.17) is 0 Å². The van der Waals surface area contributed by atoms with E-state index in [1.807, 2.05) is 0 Å². The minimum Gasteiger partial charge on any atom is -0.467 e. The van der Waals surface area contributed by atoms with Crippen molar-refractivity contribution in [2.24, 2.45) is 0 Å². The number of carbonyl (C=O) groups excluding carboxylic acids is 1. The molecule has 0 heterocycles. The largest absolute Gasteiger partial charge is 0.467 e.